The van der Waals surface area contributed by atoms with E-state index in [2.05, 4.69) is 74.2 Å². The highest BCUT2D eigenvalue weighted by atomic mass is 79.9. The molecule has 0 atom stereocenters. The zero-order chi connectivity index (χ0) is 33.7. The first-order valence-electron chi connectivity index (χ1n) is 13.7. The third-order valence-electron chi connectivity index (χ3n) is 7.08. The minimum Gasteiger partial charge on any atom is -0.355 e. The molecule has 0 aromatic carbocycles. The van der Waals surface area contributed by atoms with Crippen LogP contribution in [0.1, 0.15) is 70.6 Å². The minimum atomic E-state index is -0.543. The molecule has 4 aromatic heterocycles. The molecule has 238 valence electrons. The normalized spacial score (nSPS) is 10.5. The average Bonchev–Trinajstić information content (AvgIpc) is 3.76. The Kier molecular flexibility index (Phi) is 9.92. The van der Waals surface area contributed by atoms with Gasteiger partial charge in [0.2, 0.25) is 0 Å². The van der Waals surface area contributed by atoms with Crippen molar-refractivity contribution in [3.63, 3.8) is 0 Å². The van der Waals surface area contributed by atoms with Crippen molar-refractivity contribution in [2.45, 2.75) is 34.1 Å². The number of hydrogen-bond donors (Lipinski definition) is 9. The molecule has 9 N–H and O–H groups in total. The number of nitrogens with zero attached hydrogens (tertiary/aromatic N) is 2. The van der Waals surface area contributed by atoms with Gasteiger partial charge < -0.3 is 41.5 Å². The van der Waals surface area contributed by atoms with Crippen LogP contribution in [-0.4, -0.2) is 61.2 Å². The standard InChI is InChI=1S/C29H30BrN11O5/c1-12-17(9-33-20(12)26(43)32-8-6-7-31)36-27(44)21-13(2)18(10-34-21)37-28(45)22-14(3)19(11-35-22)38-29(46)23-15(4)24(41-40-23)39-25(42)16(5)30/h9-11,33-35H,5-6,8H2,1-4H3,(H,32,43)(H,36,44)(H,37,45)(H,38,46)(H2,39,40,41,42). The molecule has 5 amide bonds. The van der Waals surface area contributed by atoms with Crippen molar-refractivity contribution < 1.29 is 24.0 Å². The van der Waals surface area contributed by atoms with Gasteiger partial charge in [0.25, 0.3) is 29.5 Å². The zero-order valence-corrected chi connectivity index (χ0v) is 26.8. The molecule has 0 aliphatic heterocycles. The van der Waals surface area contributed by atoms with Crippen LogP contribution in [0.15, 0.2) is 29.7 Å². The Morgan fingerprint density at radius 1 is 0.739 bits per heavy atom. The highest BCUT2D eigenvalue weighted by molar-refractivity contribution is 9.12. The largest absolute Gasteiger partial charge is 0.355 e. The van der Waals surface area contributed by atoms with Crippen molar-refractivity contribution in [1.29, 1.82) is 5.26 Å². The first kappa shape index (κ1) is 33.0. The van der Waals surface area contributed by atoms with E-state index in [1.807, 2.05) is 6.07 Å². The number of nitrogens with one attached hydrogen (secondary N) is 9. The van der Waals surface area contributed by atoms with E-state index in [1.54, 1.807) is 27.7 Å². The highest BCUT2D eigenvalue weighted by Crippen LogP contribution is 2.25. The molecule has 0 unspecified atom stereocenters. The van der Waals surface area contributed by atoms with Gasteiger partial charge in [0.1, 0.15) is 22.8 Å². The molecule has 0 aliphatic rings. The third-order valence-corrected chi connectivity index (χ3v) is 7.44. The molecular weight excluding hydrogens is 662 g/mol. The Balaban J connectivity index is 1.40. The first-order valence-corrected chi connectivity index (χ1v) is 14.5. The fourth-order valence-corrected chi connectivity index (χ4v) is 4.47. The Morgan fingerprint density at radius 2 is 1.17 bits per heavy atom. The smallest absolute Gasteiger partial charge is 0.274 e. The predicted octanol–water partition coefficient (Wildman–Crippen LogP) is 3.88. The number of carbonyl (C=O) groups is 5. The van der Waals surface area contributed by atoms with E-state index in [0.29, 0.717) is 39.3 Å². The number of nitriles is 1. The van der Waals surface area contributed by atoms with Crippen molar-refractivity contribution in [3.8, 4) is 6.07 Å². The summed E-state index contributed by atoms with van der Waals surface area (Å²) in [6.07, 6.45) is 4.60. The molecule has 0 aliphatic carbocycles. The number of aromatic amines is 4. The topological polar surface area (TPSA) is 245 Å². The van der Waals surface area contributed by atoms with E-state index in [9.17, 15) is 24.0 Å². The zero-order valence-electron chi connectivity index (χ0n) is 25.2. The highest BCUT2D eigenvalue weighted by Gasteiger charge is 2.23. The number of aromatic nitrogens is 5. The second kappa shape index (κ2) is 13.8. The molecular formula is C29H30BrN11O5. The van der Waals surface area contributed by atoms with Gasteiger partial charge in [-0.2, -0.15) is 10.4 Å². The van der Waals surface area contributed by atoms with Crippen LogP contribution in [0.3, 0.4) is 0 Å². The van der Waals surface area contributed by atoms with Crippen molar-refractivity contribution in [3.05, 3.63) is 74.7 Å². The van der Waals surface area contributed by atoms with E-state index >= 15 is 0 Å². The predicted molar refractivity (Wildman–Crippen MR) is 173 cm³/mol. The van der Waals surface area contributed by atoms with Crippen molar-refractivity contribution in [2.75, 3.05) is 27.8 Å². The maximum atomic E-state index is 13.2. The number of amides is 5. The molecule has 0 saturated carbocycles. The maximum absolute atomic E-state index is 13.2. The molecule has 0 bridgehead atoms. The summed E-state index contributed by atoms with van der Waals surface area (Å²) >= 11 is 2.98. The van der Waals surface area contributed by atoms with Gasteiger partial charge >= 0.3 is 0 Å². The van der Waals surface area contributed by atoms with Crippen LogP contribution in [0.4, 0.5) is 22.9 Å². The van der Waals surface area contributed by atoms with Crippen LogP contribution in [0.2, 0.25) is 0 Å². The van der Waals surface area contributed by atoms with Gasteiger partial charge in [0.05, 0.1) is 34.0 Å². The van der Waals surface area contributed by atoms with E-state index < -0.39 is 29.5 Å². The van der Waals surface area contributed by atoms with Crippen molar-refractivity contribution in [2.24, 2.45) is 0 Å². The summed E-state index contributed by atoms with van der Waals surface area (Å²) in [5.41, 5.74) is 3.66. The summed E-state index contributed by atoms with van der Waals surface area (Å²) in [6.45, 7) is 10.3. The van der Waals surface area contributed by atoms with Crippen LogP contribution in [0.5, 0.6) is 0 Å². The van der Waals surface area contributed by atoms with Gasteiger partial charge in [-0.25, -0.2) is 0 Å². The summed E-state index contributed by atoms with van der Waals surface area (Å²) in [4.78, 5) is 71.9. The summed E-state index contributed by atoms with van der Waals surface area (Å²) < 4.78 is 0.0989. The summed E-state index contributed by atoms with van der Waals surface area (Å²) in [5, 5.41) is 28.6. The second-order valence-electron chi connectivity index (χ2n) is 10.1. The van der Waals surface area contributed by atoms with Gasteiger partial charge in [-0.15, -0.1) is 0 Å². The molecule has 4 heterocycles. The third kappa shape index (κ3) is 6.92. The van der Waals surface area contributed by atoms with Crippen LogP contribution in [-0.2, 0) is 4.79 Å². The van der Waals surface area contributed by atoms with E-state index in [4.69, 9.17) is 5.26 Å². The lowest BCUT2D eigenvalue weighted by molar-refractivity contribution is -0.112. The minimum absolute atomic E-state index is 0.0989. The number of hydrogen-bond acceptors (Lipinski definition) is 7. The van der Waals surface area contributed by atoms with Gasteiger partial charge in [0, 0.05) is 47.4 Å². The van der Waals surface area contributed by atoms with Crippen LogP contribution < -0.4 is 26.6 Å². The fourth-order valence-electron chi connectivity index (χ4n) is 4.37. The van der Waals surface area contributed by atoms with Crippen molar-refractivity contribution >= 4 is 68.3 Å². The van der Waals surface area contributed by atoms with Gasteiger partial charge in [-0.05, 0) is 43.6 Å². The molecule has 0 fully saturated rings. The summed E-state index contributed by atoms with van der Waals surface area (Å²) in [6, 6.07) is 1.95. The van der Waals surface area contributed by atoms with Crippen LogP contribution in [0.25, 0.3) is 0 Å². The fraction of sp³-hybridized carbons (Fsp3) is 0.207. The molecule has 4 aromatic rings. The Bertz CT molecular complexity index is 1920. The first-order chi connectivity index (χ1) is 21.8. The number of rotatable bonds is 11. The molecule has 17 heteroatoms. The average molecular weight is 693 g/mol. The van der Waals surface area contributed by atoms with E-state index in [1.165, 1.54) is 18.6 Å². The van der Waals surface area contributed by atoms with E-state index in [-0.39, 0.29) is 46.0 Å². The monoisotopic (exact) mass is 691 g/mol. The molecule has 0 spiro atoms. The Labute approximate surface area is 270 Å². The number of anilines is 4. The molecule has 46 heavy (non-hydrogen) atoms. The molecule has 16 nitrogen and oxygen atoms in total. The number of H-pyrrole nitrogens is 4. The number of carbonyl (C=O) groups excluding carboxylic acids is 5. The lowest BCUT2D eigenvalue weighted by Gasteiger charge is -2.07. The van der Waals surface area contributed by atoms with Crippen LogP contribution in [0, 0.1) is 39.0 Å². The summed E-state index contributed by atoms with van der Waals surface area (Å²) in [7, 11) is 0. The molecule has 0 saturated heterocycles. The number of halogens is 1. The van der Waals surface area contributed by atoms with Crippen molar-refractivity contribution in [1.82, 2.24) is 30.5 Å². The maximum Gasteiger partial charge on any atom is 0.274 e. The summed E-state index contributed by atoms with van der Waals surface area (Å²) in [5.74, 6) is -2.29. The Morgan fingerprint density at radius 3 is 1.61 bits per heavy atom. The molecule has 4 rings (SSSR count). The van der Waals surface area contributed by atoms with Gasteiger partial charge in [-0.1, -0.05) is 6.58 Å². The van der Waals surface area contributed by atoms with E-state index in [0.717, 1.165) is 0 Å². The lowest BCUT2D eigenvalue weighted by Crippen LogP contribution is -2.25. The lowest BCUT2D eigenvalue weighted by atomic mass is 10.2. The SMILES string of the molecule is C=C(Br)C(=O)Nc1n[nH]c(C(=O)Nc2c[nH]c(C(=O)Nc3c[nH]c(C(=O)Nc4c[nH]c(C(=O)NCCC#N)c4C)c3C)c2C)c1C. The van der Waals surface area contributed by atoms with Gasteiger partial charge in [0.15, 0.2) is 5.82 Å². The second-order valence-corrected chi connectivity index (χ2v) is 11.0. The molecule has 0 radical (unpaired) electrons. The quantitative estimate of drug-likeness (QED) is 0.0829. The van der Waals surface area contributed by atoms with Crippen LogP contribution >= 0.6 is 15.9 Å². The van der Waals surface area contributed by atoms with Gasteiger partial charge in [-0.3, -0.25) is 29.1 Å². The Hall–Kier alpha value is -5.89.